The van der Waals surface area contributed by atoms with Crippen molar-refractivity contribution in [2.45, 2.75) is 59.7 Å². The predicted molar refractivity (Wildman–Crippen MR) is 93.0 cm³/mol. The molecule has 1 aliphatic carbocycles. The molecule has 0 aromatic carbocycles. The summed E-state index contributed by atoms with van der Waals surface area (Å²) in [6.45, 7) is 18.4. The number of rotatable bonds is 0. The van der Waals surface area contributed by atoms with Gasteiger partial charge in [0, 0.05) is 35.0 Å². The maximum absolute atomic E-state index is 3.26. The number of hydrogen-bond acceptors (Lipinski definition) is 0. The fourth-order valence-electron chi connectivity index (χ4n) is 0.920. The van der Waals surface area contributed by atoms with E-state index in [4.69, 9.17) is 0 Å². The quantitative estimate of drug-likeness (QED) is 0.361. The van der Waals surface area contributed by atoms with Gasteiger partial charge in [-0.05, 0) is 10.5 Å². The molecule has 19 heavy (non-hydrogen) atoms. The molecule has 0 radical (unpaired) electrons. The molecule has 0 amide bonds. The minimum Gasteiger partial charge on any atom is -0.269 e. The predicted octanol–water partition coefficient (Wildman–Crippen LogP) is 5.69. The summed E-state index contributed by atoms with van der Waals surface area (Å²) in [4.78, 5) is 0. The minimum absolute atomic E-state index is 0. The Kier molecular flexibility index (Phi) is 17.6. The Balaban J connectivity index is -0.000000105. The molecular weight excluding hydrogens is 370 g/mol. The molecule has 0 aromatic rings. The molecule has 1 atom stereocenters. The fraction of sp³-hybridized carbons (Fsp3) is 0.733. The van der Waals surface area contributed by atoms with Crippen LogP contribution in [0.5, 0.6) is 0 Å². The monoisotopic (exact) mass is 399 g/mol. The normalized spacial score (nSPS) is 16.8. The molecule has 1 unspecified atom stereocenters. The van der Waals surface area contributed by atoms with Crippen LogP contribution in [0.25, 0.3) is 0 Å². The topological polar surface area (TPSA) is 0 Å². The summed E-state index contributed by atoms with van der Waals surface area (Å²) in [5.74, 6) is 0.525. The molecule has 114 valence electrons. The van der Waals surface area contributed by atoms with E-state index >= 15 is 0 Å². The third-order valence-electron chi connectivity index (χ3n) is 3.34. The first-order valence-electron chi connectivity index (χ1n) is 6.31. The Morgan fingerprint density at radius 1 is 0.947 bits per heavy atom. The summed E-state index contributed by atoms with van der Waals surface area (Å²) >= 11 is 0. The van der Waals surface area contributed by atoms with Crippen molar-refractivity contribution in [2.75, 3.05) is 0 Å². The van der Waals surface area contributed by atoms with Gasteiger partial charge in [0.2, 0.25) is 0 Å². The molecule has 1 aliphatic rings. The van der Waals surface area contributed by atoms with Gasteiger partial charge >= 0.3 is 0 Å². The largest absolute Gasteiger partial charge is 0.269 e. The maximum atomic E-state index is 3.26. The van der Waals surface area contributed by atoms with E-state index in [2.05, 4.69) is 72.9 Å². The molecular formula is C15H31Cl2SiZr-. The molecule has 0 heterocycles. The zero-order chi connectivity index (χ0) is 13.0. The molecule has 0 spiro atoms. The van der Waals surface area contributed by atoms with E-state index in [1.807, 2.05) is 6.08 Å². The third kappa shape index (κ3) is 13.9. The van der Waals surface area contributed by atoms with Crippen molar-refractivity contribution in [1.29, 1.82) is 0 Å². The third-order valence-corrected chi connectivity index (χ3v) is 6.80. The van der Waals surface area contributed by atoms with Gasteiger partial charge in [-0.25, -0.2) is 12.2 Å². The summed E-state index contributed by atoms with van der Waals surface area (Å²) in [6, 6.07) is 0. The first kappa shape index (κ1) is 28.3. The molecule has 0 saturated heterocycles. The van der Waals surface area contributed by atoms with Crippen molar-refractivity contribution < 1.29 is 26.2 Å². The van der Waals surface area contributed by atoms with Gasteiger partial charge < -0.3 is 0 Å². The van der Waals surface area contributed by atoms with E-state index in [-0.39, 0.29) is 59.8 Å². The van der Waals surface area contributed by atoms with Crippen LogP contribution < -0.4 is 0 Å². The van der Waals surface area contributed by atoms with Crippen molar-refractivity contribution in [3.8, 4) is 0 Å². The molecule has 1 rings (SSSR count). The Morgan fingerprint density at radius 2 is 1.32 bits per heavy atom. The van der Waals surface area contributed by atoms with E-state index in [0.717, 1.165) is 0 Å². The van der Waals surface area contributed by atoms with Gasteiger partial charge in [0.25, 0.3) is 0 Å². The molecule has 0 N–H and O–H groups in total. The summed E-state index contributed by atoms with van der Waals surface area (Å²) in [5, 5.41) is 0.639. The molecule has 4 heteroatoms. The second kappa shape index (κ2) is 11.8. The molecule has 0 nitrogen and oxygen atoms in total. The first-order valence-corrected chi connectivity index (χ1v) is 9.20. The Hall–Kier alpha value is 1.16. The number of hydrogen-bond donors (Lipinski definition) is 0. The van der Waals surface area contributed by atoms with Crippen LogP contribution in [-0.2, 0) is 26.2 Å². The summed E-state index contributed by atoms with van der Waals surface area (Å²) in [6.07, 6.45) is 9.52. The molecule has 0 aliphatic heterocycles. The van der Waals surface area contributed by atoms with E-state index in [0.29, 0.717) is 16.4 Å². The van der Waals surface area contributed by atoms with Crippen LogP contribution in [0.3, 0.4) is 0 Å². The van der Waals surface area contributed by atoms with Gasteiger partial charge in [-0.3, -0.25) is 6.08 Å². The fourth-order valence-corrected chi connectivity index (χ4v) is 0.920. The van der Waals surface area contributed by atoms with E-state index < -0.39 is 0 Å². The smallest absolute Gasteiger partial charge is 0.0361 e. The van der Waals surface area contributed by atoms with Crippen molar-refractivity contribution in [2.24, 2.45) is 11.3 Å². The summed E-state index contributed by atoms with van der Waals surface area (Å²) in [7, 11) is -0.359. The zero-order valence-corrected chi connectivity index (χ0v) is 18.9. The molecule has 0 aromatic heterocycles. The summed E-state index contributed by atoms with van der Waals surface area (Å²) in [5.41, 5.74) is 0.351. The van der Waals surface area contributed by atoms with Gasteiger partial charge in [-0.1, -0.05) is 60.6 Å². The van der Waals surface area contributed by atoms with Crippen molar-refractivity contribution in [1.82, 2.24) is 0 Å². The minimum atomic E-state index is -0.359. The summed E-state index contributed by atoms with van der Waals surface area (Å²) < 4.78 is 0. The van der Waals surface area contributed by atoms with Crippen LogP contribution in [-0.4, -0.2) is 8.80 Å². The SMILES string of the molecule is CC(C)(C)C1[C-]=CC=C1.C[SiH](C)C(C)(C)C.Cl.Cl.[Zr]. The van der Waals surface area contributed by atoms with Crippen LogP contribution in [0.1, 0.15) is 41.5 Å². The Morgan fingerprint density at radius 3 is 1.42 bits per heavy atom. The molecule has 0 bridgehead atoms. The van der Waals surface area contributed by atoms with Crippen LogP contribution in [0.15, 0.2) is 18.2 Å². The van der Waals surface area contributed by atoms with Crippen molar-refractivity contribution >= 4 is 33.6 Å². The average Bonchev–Trinajstić information content (AvgIpc) is 2.52. The number of allylic oxidation sites excluding steroid dienone is 4. The average molecular weight is 402 g/mol. The molecule has 0 saturated carbocycles. The van der Waals surface area contributed by atoms with Crippen LogP contribution >= 0.6 is 24.8 Å². The second-order valence-corrected chi connectivity index (χ2v) is 11.1. The van der Waals surface area contributed by atoms with Crippen LogP contribution in [0.2, 0.25) is 18.1 Å². The maximum Gasteiger partial charge on any atom is 0.0361 e. The second-order valence-electron chi connectivity index (χ2n) is 7.08. The van der Waals surface area contributed by atoms with Gasteiger partial charge in [0.1, 0.15) is 0 Å². The van der Waals surface area contributed by atoms with Gasteiger partial charge in [-0.15, -0.1) is 24.8 Å². The van der Waals surface area contributed by atoms with E-state index in [9.17, 15) is 0 Å². The Bertz CT molecular complexity index is 248. The van der Waals surface area contributed by atoms with Crippen LogP contribution in [0, 0.1) is 17.4 Å². The van der Waals surface area contributed by atoms with Crippen molar-refractivity contribution in [3.05, 3.63) is 24.3 Å². The van der Waals surface area contributed by atoms with Crippen molar-refractivity contribution in [3.63, 3.8) is 0 Å². The van der Waals surface area contributed by atoms with E-state index in [1.165, 1.54) is 0 Å². The van der Waals surface area contributed by atoms with E-state index in [1.54, 1.807) is 0 Å². The van der Waals surface area contributed by atoms with Gasteiger partial charge in [-0.2, -0.15) is 6.08 Å². The number of halogens is 2. The zero-order valence-electron chi connectivity index (χ0n) is 13.7. The standard InChI is InChI=1S/C9H13.C6H16Si.2ClH.Zr/c1-9(2,3)8-6-4-5-7-8;1-6(2,3)7(4)5;;;/h4-6,8H,1-3H3;7H,1-5H3;2*1H;/q-1;;;;. The van der Waals surface area contributed by atoms with Gasteiger partial charge in [0.15, 0.2) is 0 Å². The van der Waals surface area contributed by atoms with Crippen LogP contribution in [0.4, 0.5) is 0 Å². The molecule has 0 fully saturated rings. The Labute approximate surface area is 154 Å². The van der Waals surface area contributed by atoms with Gasteiger partial charge in [0.05, 0.1) is 0 Å². The first-order chi connectivity index (χ1) is 7.05.